The molecule has 0 saturated carbocycles. The predicted octanol–water partition coefficient (Wildman–Crippen LogP) is 5.32. The molecule has 2 aromatic carbocycles. The summed E-state index contributed by atoms with van der Waals surface area (Å²) >= 11 is 12.3. The standard InChI is InChI=1S/C23H16Cl2N2O3/c1-13-5-6-17(12-18(13)25)27-20(14-7-9-26-10-8-14)19(22(29)23(27)30)21(28)15-3-2-4-16(24)11-15/h2-12,20,28H,1H3/b21-19+. The van der Waals surface area contributed by atoms with Crippen molar-refractivity contribution in [1.29, 1.82) is 0 Å². The highest BCUT2D eigenvalue weighted by Gasteiger charge is 2.47. The van der Waals surface area contributed by atoms with Crippen LogP contribution in [0, 0.1) is 6.92 Å². The summed E-state index contributed by atoms with van der Waals surface area (Å²) in [6, 6.07) is 14.2. The van der Waals surface area contributed by atoms with Gasteiger partial charge in [-0.25, -0.2) is 0 Å². The first-order chi connectivity index (χ1) is 14.4. The largest absolute Gasteiger partial charge is 0.507 e. The van der Waals surface area contributed by atoms with E-state index in [1.807, 2.05) is 6.92 Å². The molecule has 5 nitrogen and oxygen atoms in total. The Hall–Kier alpha value is -3.15. The minimum Gasteiger partial charge on any atom is -0.507 e. The third-order valence-electron chi connectivity index (χ3n) is 5.00. The van der Waals surface area contributed by atoms with Crippen LogP contribution in [0.15, 0.2) is 72.6 Å². The second-order valence-corrected chi connectivity index (χ2v) is 7.74. The molecule has 150 valence electrons. The summed E-state index contributed by atoms with van der Waals surface area (Å²) in [5.74, 6) is -1.83. The SMILES string of the molecule is Cc1ccc(N2C(=O)C(=O)/C(=C(/O)c3cccc(Cl)c3)C2c2ccncc2)cc1Cl. The average molecular weight is 439 g/mol. The van der Waals surface area contributed by atoms with E-state index in [-0.39, 0.29) is 11.3 Å². The number of ketones is 1. The van der Waals surface area contributed by atoms with Gasteiger partial charge in [0.15, 0.2) is 0 Å². The van der Waals surface area contributed by atoms with Crippen LogP contribution in [0.4, 0.5) is 5.69 Å². The van der Waals surface area contributed by atoms with E-state index < -0.39 is 17.7 Å². The van der Waals surface area contributed by atoms with Crippen LogP contribution in [-0.4, -0.2) is 21.8 Å². The van der Waals surface area contributed by atoms with Gasteiger partial charge in [-0.15, -0.1) is 0 Å². The van der Waals surface area contributed by atoms with Gasteiger partial charge in [-0.2, -0.15) is 0 Å². The number of carbonyl (C=O) groups is 2. The molecule has 4 rings (SSSR count). The van der Waals surface area contributed by atoms with Crippen molar-refractivity contribution in [2.45, 2.75) is 13.0 Å². The number of benzene rings is 2. The second-order valence-electron chi connectivity index (χ2n) is 6.89. The molecule has 0 bridgehead atoms. The summed E-state index contributed by atoms with van der Waals surface area (Å²) in [5, 5.41) is 11.9. The van der Waals surface area contributed by atoms with Gasteiger partial charge < -0.3 is 5.11 Å². The first-order valence-corrected chi connectivity index (χ1v) is 9.87. The number of pyridine rings is 1. The zero-order valence-electron chi connectivity index (χ0n) is 15.8. The summed E-state index contributed by atoms with van der Waals surface area (Å²) < 4.78 is 0. The first kappa shape index (κ1) is 20.1. The lowest BCUT2D eigenvalue weighted by Gasteiger charge is -2.25. The Morgan fingerprint density at radius 2 is 1.77 bits per heavy atom. The fourth-order valence-corrected chi connectivity index (χ4v) is 3.85. The molecule has 0 aliphatic carbocycles. The van der Waals surface area contributed by atoms with Crippen molar-refractivity contribution in [3.05, 3.63) is 99.3 Å². The topological polar surface area (TPSA) is 70.5 Å². The van der Waals surface area contributed by atoms with Crippen molar-refractivity contribution in [1.82, 2.24) is 4.98 Å². The molecule has 1 unspecified atom stereocenters. The van der Waals surface area contributed by atoms with Crippen LogP contribution >= 0.6 is 23.2 Å². The molecule has 2 heterocycles. The van der Waals surface area contributed by atoms with Crippen LogP contribution in [0.3, 0.4) is 0 Å². The molecule has 0 radical (unpaired) electrons. The Morgan fingerprint density at radius 3 is 2.43 bits per heavy atom. The van der Waals surface area contributed by atoms with E-state index in [1.54, 1.807) is 60.9 Å². The maximum Gasteiger partial charge on any atom is 0.300 e. The zero-order valence-corrected chi connectivity index (χ0v) is 17.4. The third-order valence-corrected chi connectivity index (χ3v) is 5.64. The lowest BCUT2D eigenvalue weighted by atomic mass is 9.96. The highest BCUT2D eigenvalue weighted by Crippen LogP contribution is 2.42. The van der Waals surface area contributed by atoms with E-state index in [1.165, 1.54) is 11.0 Å². The van der Waals surface area contributed by atoms with Gasteiger partial charge in [0, 0.05) is 33.7 Å². The highest BCUT2D eigenvalue weighted by atomic mass is 35.5. The summed E-state index contributed by atoms with van der Waals surface area (Å²) in [5.41, 5.74) is 2.26. The van der Waals surface area contributed by atoms with Gasteiger partial charge in [-0.3, -0.25) is 19.5 Å². The number of aliphatic hydroxyl groups is 1. The van der Waals surface area contributed by atoms with Gasteiger partial charge in [-0.1, -0.05) is 41.4 Å². The second kappa shape index (κ2) is 7.94. The monoisotopic (exact) mass is 438 g/mol. The van der Waals surface area contributed by atoms with Crippen LogP contribution in [0.5, 0.6) is 0 Å². The van der Waals surface area contributed by atoms with Crippen molar-refractivity contribution in [2.75, 3.05) is 4.90 Å². The third kappa shape index (κ3) is 3.47. The zero-order chi connectivity index (χ0) is 21.4. The average Bonchev–Trinajstić information content (AvgIpc) is 3.01. The molecule has 0 spiro atoms. The number of halogens is 2. The van der Waals surface area contributed by atoms with Gasteiger partial charge in [0.25, 0.3) is 11.7 Å². The van der Waals surface area contributed by atoms with Crippen LogP contribution in [0.25, 0.3) is 5.76 Å². The van der Waals surface area contributed by atoms with Gasteiger partial charge in [0.1, 0.15) is 5.76 Å². The minimum atomic E-state index is -0.842. The molecule has 1 atom stereocenters. The van der Waals surface area contributed by atoms with E-state index in [0.29, 0.717) is 26.9 Å². The van der Waals surface area contributed by atoms with Gasteiger partial charge in [0.2, 0.25) is 0 Å². The van der Waals surface area contributed by atoms with Crippen molar-refractivity contribution in [3.8, 4) is 0 Å². The molecule has 3 aromatic rings. The Morgan fingerprint density at radius 1 is 1.03 bits per heavy atom. The highest BCUT2D eigenvalue weighted by molar-refractivity contribution is 6.52. The molecular formula is C23H16Cl2N2O3. The number of hydrogen-bond donors (Lipinski definition) is 1. The molecule has 30 heavy (non-hydrogen) atoms. The molecule has 1 aliphatic heterocycles. The number of aromatic nitrogens is 1. The van der Waals surface area contributed by atoms with Crippen LogP contribution < -0.4 is 4.90 Å². The molecular weight excluding hydrogens is 423 g/mol. The lowest BCUT2D eigenvalue weighted by Crippen LogP contribution is -2.29. The van der Waals surface area contributed by atoms with Gasteiger partial charge in [0.05, 0.1) is 11.6 Å². The number of amides is 1. The Labute approximate surface area is 183 Å². The molecule has 1 aromatic heterocycles. The van der Waals surface area contributed by atoms with E-state index in [0.717, 1.165) is 5.56 Å². The number of hydrogen-bond acceptors (Lipinski definition) is 4. The Bertz CT molecular complexity index is 1190. The van der Waals surface area contributed by atoms with Crippen molar-refractivity contribution in [3.63, 3.8) is 0 Å². The van der Waals surface area contributed by atoms with E-state index in [4.69, 9.17) is 23.2 Å². The molecule has 1 aliphatic rings. The van der Waals surface area contributed by atoms with Crippen molar-refractivity contribution in [2.24, 2.45) is 0 Å². The smallest absolute Gasteiger partial charge is 0.300 e. The molecule has 1 N–H and O–H groups in total. The van der Waals surface area contributed by atoms with Crippen molar-refractivity contribution >= 4 is 46.3 Å². The summed E-state index contributed by atoms with van der Waals surface area (Å²) in [6.45, 7) is 1.85. The lowest BCUT2D eigenvalue weighted by molar-refractivity contribution is -0.132. The van der Waals surface area contributed by atoms with Gasteiger partial charge in [-0.05, 0) is 54.4 Å². The van der Waals surface area contributed by atoms with Crippen LogP contribution in [0.2, 0.25) is 10.0 Å². The van der Waals surface area contributed by atoms with Crippen LogP contribution in [-0.2, 0) is 9.59 Å². The number of aryl methyl sites for hydroxylation is 1. The number of carbonyl (C=O) groups excluding carboxylic acids is 2. The Kier molecular flexibility index (Phi) is 5.33. The van der Waals surface area contributed by atoms with E-state index in [9.17, 15) is 14.7 Å². The number of anilines is 1. The maximum absolute atomic E-state index is 13.0. The Balaban J connectivity index is 1.96. The number of nitrogens with zero attached hydrogens (tertiary/aromatic N) is 2. The van der Waals surface area contributed by atoms with E-state index >= 15 is 0 Å². The molecule has 1 amide bonds. The summed E-state index contributed by atoms with van der Waals surface area (Å²) in [7, 11) is 0. The van der Waals surface area contributed by atoms with E-state index in [2.05, 4.69) is 4.98 Å². The number of aliphatic hydroxyl groups excluding tert-OH is 1. The fourth-order valence-electron chi connectivity index (χ4n) is 3.48. The summed E-state index contributed by atoms with van der Waals surface area (Å²) in [6.07, 6.45) is 3.13. The quantitative estimate of drug-likeness (QED) is 0.341. The predicted molar refractivity (Wildman–Crippen MR) is 117 cm³/mol. The first-order valence-electron chi connectivity index (χ1n) is 9.11. The molecule has 7 heteroatoms. The number of Topliss-reactive ketones (excluding diaryl/α,β-unsaturated/α-hetero) is 1. The summed E-state index contributed by atoms with van der Waals surface area (Å²) in [4.78, 5) is 31.4. The molecule has 1 fully saturated rings. The number of rotatable bonds is 3. The minimum absolute atomic E-state index is 0.0230. The maximum atomic E-state index is 13.0. The van der Waals surface area contributed by atoms with Crippen molar-refractivity contribution < 1.29 is 14.7 Å². The van der Waals surface area contributed by atoms with Gasteiger partial charge >= 0.3 is 0 Å². The molecule has 1 saturated heterocycles. The normalized spacial score (nSPS) is 18.1. The fraction of sp³-hybridized carbons (Fsp3) is 0.0870. The van der Waals surface area contributed by atoms with Crippen LogP contribution in [0.1, 0.15) is 22.7 Å².